The van der Waals surface area contributed by atoms with Crippen molar-refractivity contribution in [1.29, 1.82) is 0 Å². The second kappa shape index (κ2) is 15.1. The van der Waals surface area contributed by atoms with Crippen molar-refractivity contribution in [3.63, 3.8) is 0 Å². The Morgan fingerprint density at radius 2 is 1.78 bits per heavy atom. The highest BCUT2D eigenvalue weighted by molar-refractivity contribution is 5.79. The number of aliphatic hydroxyl groups is 1. The molecule has 2 rings (SSSR count). The molecule has 0 saturated heterocycles. The zero-order chi connectivity index (χ0) is 23.0. The number of carbonyl (C=O) groups is 1. The Hall–Kier alpha value is -2.79. The van der Waals surface area contributed by atoms with Gasteiger partial charge in [-0.1, -0.05) is 74.7 Å². The van der Waals surface area contributed by atoms with E-state index < -0.39 is 5.97 Å². The molecule has 5 heteroatoms. The number of aromatic amines is 1. The SMILES string of the molecule is CCCC[C@H](O)CCC[C@H](/C=C/c1ccccc1)CC[C@H](/C=C/C(=O)O)Nc1ccc[nH]1. The summed E-state index contributed by atoms with van der Waals surface area (Å²) in [4.78, 5) is 14.1. The third-order valence-corrected chi connectivity index (χ3v) is 5.62. The second-order valence-corrected chi connectivity index (χ2v) is 8.37. The first kappa shape index (κ1) is 25.5. The summed E-state index contributed by atoms with van der Waals surface area (Å²) in [6, 6.07) is 14.0. The van der Waals surface area contributed by atoms with Crippen molar-refractivity contribution in [2.24, 2.45) is 5.92 Å². The van der Waals surface area contributed by atoms with E-state index in [1.807, 2.05) is 36.5 Å². The van der Waals surface area contributed by atoms with Crippen LogP contribution in [0.1, 0.15) is 63.9 Å². The molecule has 174 valence electrons. The molecule has 32 heavy (non-hydrogen) atoms. The van der Waals surface area contributed by atoms with Crippen LogP contribution in [0.15, 0.2) is 66.9 Å². The van der Waals surface area contributed by atoms with Gasteiger partial charge in [-0.3, -0.25) is 0 Å². The Labute approximate surface area is 192 Å². The van der Waals surface area contributed by atoms with E-state index in [0.29, 0.717) is 5.92 Å². The Balaban J connectivity index is 1.98. The first-order valence-electron chi connectivity index (χ1n) is 11.8. The van der Waals surface area contributed by atoms with Crippen molar-refractivity contribution in [3.8, 4) is 0 Å². The second-order valence-electron chi connectivity index (χ2n) is 8.37. The number of hydrogen-bond donors (Lipinski definition) is 4. The molecule has 1 aromatic carbocycles. The third-order valence-electron chi connectivity index (χ3n) is 5.62. The number of carboxylic acid groups (broad SMARTS) is 1. The van der Waals surface area contributed by atoms with Gasteiger partial charge < -0.3 is 20.5 Å². The molecular weight excluding hydrogens is 400 g/mol. The smallest absolute Gasteiger partial charge is 0.328 e. The standard InChI is InChI=1S/C27H38N2O3/c1-2-3-12-25(30)13-7-11-23(16-15-22-9-5-4-6-10-22)17-18-24(19-20-27(31)32)29-26-14-8-21-28-26/h4-6,8-10,14-16,19-21,23-25,28-30H,2-3,7,11-13,17-18H2,1H3,(H,31,32)/b16-15+,20-19+/t23-,24-,25+/m1/s1. The molecule has 0 radical (unpaired) electrons. The first-order chi connectivity index (χ1) is 15.6. The number of aliphatic carboxylic acids is 1. The molecule has 1 heterocycles. The normalized spacial score (nSPS) is 14.6. The number of hydrogen-bond acceptors (Lipinski definition) is 3. The third kappa shape index (κ3) is 11.0. The first-order valence-corrected chi connectivity index (χ1v) is 11.8. The van der Waals surface area contributed by atoms with Crippen molar-refractivity contribution >= 4 is 17.9 Å². The lowest BCUT2D eigenvalue weighted by Gasteiger charge is -2.19. The predicted molar refractivity (Wildman–Crippen MR) is 133 cm³/mol. The Morgan fingerprint density at radius 1 is 1.00 bits per heavy atom. The Morgan fingerprint density at radius 3 is 2.47 bits per heavy atom. The molecule has 0 unspecified atom stereocenters. The van der Waals surface area contributed by atoms with E-state index in [0.717, 1.165) is 57.2 Å². The van der Waals surface area contributed by atoms with Gasteiger partial charge in [0.1, 0.15) is 5.82 Å². The lowest BCUT2D eigenvalue weighted by atomic mass is 9.92. The fourth-order valence-corrected chi connectivity index (χ4v) is 3.78. The number of carboxylic acids is 1. The average Bonchev–Trinajstić information content (AvgIpc) is 3.30. The van der Waals surface area contributed by atoms with E-state index in [4.69, 9.17) is 5.11 Å². The maximum atomic E-state index is 11.0. The van der Waals surface area contributed by atoms with Gasteiger partial charge in [0.15, 0.2) is 0 Å². The topological polar surface area (TPSA) is 85.3 Å². The van der Waals surface area contributed by atoms with Crippen LogP contribution in [0, 0.1) is 5.92 Å². The fourth-order valence-electron chi connectivity index (χ4n) is 3.78. The quantitative estimate of drug-likeness (QED) is 0.233. The lowest BCUT2D eigenvalue weighted by Crippen LogP contribution is -2.19. The number of aliphatic hydroxyl groups excluding tert-OH is 1. The van der Waals surface area contributed by atoms with Gasteiger partial charge in [-0.05, 0) is 55.7 Å². The van der Waals surface area contributed by atoms with Crippen molar-refractivity contribution in [1.82, 2.24) is 4.98 Å². The molecule has 0 amide bonds. The minimum Gasteiger partial charge on any atom is -0.478 e. The van der Waals surface area contributed by atoms with E-state index in [2.05, 4.69) is 41.5 Å². The fraction of sp³-hybridized carbons (Fsp3) is 0.444. The highest BCUT2D eigenvalue weighted by atomic mass is 16.4. The summed E-state index contributed by atoms with van der Waals surface area (Å²) in [5.41, 5.74) is 1.17. The number of allylic oxidation sites excluding steroid dienone is 1. The van der Waals surface area contributed by atoms with Crippen LogP contribution in [0.5, 0.6) is 0 Å². The van der Waals surface area contributed by atoms with Gasteiger partial charge in [-0.2, -0.15) is 0 Å². The van der Waals surface area contributed by atoms with Gasteiger partial charge in [-0.25, -0.2) is 4.79 Å². The number of aromatic nitrogens is 1. The van der Waals surface area contributed by atoms with Crippen LogP contribution >= 0.6 is 0 Å². The molecule has 2 aromatic rings. The number of nitrogens with one attached hydrogen (secondary N) is 2. The monoisotopic (exact) mass is 438 g/mol. The minimum atomic E-state index is -0.940. The van der Waals surface area contributed by atoms with Crippen LogP contribution in [-0.4, -0.2) is 33.3 Å². The molecule has 0 aliphatic rings. The van der Waals surface area contributed by atoms with Gasteiger partial charge in [0.2, 0.25) is 0 Å². The van der Waals surface area contributed by atoms with E-state index in [-0.39, 0.29) is 12.1 Å². The molecule has 4 N–H and O–H groups in total. The summed E-state index contributed by atoms with van der Waals surface area (Å²) in [5, 5.41) is 22.6. The van der Waals surface area contributed by atoms with Gasteiger partial charge in [-0.15, -0.1) is 0 Å². The Bertz CT molecular complexity index is 800. The number of unbranched alkanes of at least 4 members (excludes halogenated alkanes) is 1. The summed E-state index contributed by atoms with van der Waals surface area (Å²) in [6.45, 7) is 2.15. The lowest BCUT2D eigenvalue weighted by molar-refractivity contribution is -0.131. The zero-order valence-corrected chi connectivity index (χ0v) is 19.1. The van der Waals surface area contributed by atoms with Crippen LogP contribution in [0.4, 0.5) is 5.82 Å². The van der Waals surface area contributed by atoms with E-state index in [1.54, 1.807) is 6.08 Å². The number of rotatable bonds is 16. The number of benzene rings is 1. The molecule has 0 bridgehead atoms. The van der Waals surface area contributed by atoms with Crippen LogP contribution in [-0.2, 0) is 4.79 Å². The maximum absolute atomic E-state index is 11.0. The highest BCUT2D eigenvalue weighted by Crippen LogP contribution is 2.22. The van der Waals surface area contributed by atoms with Gasteiger partial charge in [0, 0.05) is 18.3 Å². The van der Waals surface area contributed by atoms with Crippen LogP contribution in [0.25, 0.3) is 6.08 Å². The summed E-state index contributed by atoms with van der Waals surface area (Å²) in [7, 11) is 0. The van der Waals surface area contributed by atoms with Crippen molar-refractivity contribution in [3.05, 3.63) is 72.5 Å². The van der Waals surface area contributed by atoms with E-state index in [9.17, 15) is 9.90 Å². The van der Waals surface area contributed by atoms with Gasteiger partial charge in [0.05, 0.1) is 6.10 Å². The van der Waals surface area contributed by atoms with Crippen LogP contribution < -0.4 is 5.32 Å². The van der Waals surface area contributed by atoms with Crippen LogP contribution in [0.2, 0.25) is 0 Å². The number of H-pyrrole nitrogens is 1. The van der Waals surface area contributed by atoms with E-state index in [1.165, 1.54) is 11.6 Å². The molecular formula is C27H38N2O3. The zero-order valence-electron chi connectivity index (χ0n) is 19.1. The largest absolute Gasteiger partial charge is 0.478 e. The van der Waals surface area contributed by atoms with Crippen molar-refractivity contribution in [2.45, 2.75) is 70.4 Å². The molecule has 0 aliphatic heterocycles. The summed E-state index contributed by atoms with van der Waals surface area (Å²) < 4.78 is 0. The molecule has 0 fully saturated rings. The van der Waals surface area contributed by atoms with Gasteiger partial charge in [0.25, 0.3) is 0 Å². The molecule has 0 aliphatic carbocycles. The summed E-state index contributed by atoms with van der Waals surface area (Å²) >= 11 is 0. The molecule has 5 nitrogen and oxygen atoms in total. The molecule has 3 atom stereocenters. The predicted octanol–water partition coefficient (Wildman–Crippen LogP) is 6.27. The maximum Gasteiger partial charge on any atom is 0.328 e. The van der Waals surface area contributed by atoms with E-state index >= 15 is 0 Å². The summed E-state index contributed by atoms with van der Waals surface area (Å²) in [5.74, 6) is 0.296. The molecule has 0 saturated carbocycles. The van der Waals surface area contributed by atoms with Gasteiger partial charge >= 0.3 is 5.97 Å². The highest BCUT2D eigenvalue weighted by Gasteiger charge is 2.12. The van der Waals surface area contributed by atoms with Crippen LogP contribution in [0.3, 0.4) is 0 Å². The van der Waals surface area contributed by atoms with Crippen molar-refractivity contribution < 1.29 is 15.0 Å². The molecule has 1 aromatic heterocycles. The molecule has 0 spiro atoms. The average molecular weight is 439 g/mol. The number of anilines is 1. The van der Waals surface area contributed by atoms with Crippen molar-refractivity contribution in [2.75, 3.05) is 5.32 Å². The summed E-state index contributed by atoms with van der Waals surface area (Å²) in [6.07, 6.45) is 16.6. The minimum absolute atomic E-state index is 0.0764. The Kier molecular flexibility index (Phi) is 12.0.